The summed E-state index contributed by atoms with van der Waals surface area (Å²) < 4.78 is 13.1. The molecular formula is C23H26FN5O2. The van der Waals surface area contributed by atoms with Crippen molar-refractivity contribution < 1.29 is 14.3 Å². The van der Waals surface area contributed by atoms with Crippen LogP contribution in [0.1, 0.15) is 26.7 Å². The Labute approximate surface area is 180 Å². The molecule has 3 rings (SSSR count). The number of aliphatic hydroxyl groups is 1. The summed E-state index contributed by atoms with van der Waals surface area (Å²) in [6.07, 6.45) is 3.89. The van der Waals surface area contributed by atoms with Crippen LogP contribution < -0.4 is 10.6 Å². The zero-order valence-corrected chi connectivity index (χ0v) is 17.6. The average Bonchev–Trinajstić information content (AvgIpc) is 3.50. The highest BCUT2D eigenvalue weighted by Gasteiger charge is 2.43. The lowest BCUT2D eigenvalue weighted by atomic mass is 10.1. The Balaban J connectivity index is 1.78. The Morgan fingerprint density at radius 2 is 2.10 bits per heavy atom. The number of alkyl halides is 1. The summed E-state index contributed by atoms with van der Waals surface area (Å²) in [5.74, 6) is -0.175. The minimum atomic E-state index is -1.08. The van der Waals surface area contributed by atoms with E-state index in [4.69, 9.17) is 0 Å². The average molecular weight is 423 g/mol. The van der Waals surface area contributed by atoms with Crippen LogP contribution in [0.2, 0.25) is 0 Å². The van der Waals surface area contributed by atoms with Crippen LogP contribution >= 0.6 is 0 Å². The van der Waals surface area contributed by atoms with Crippen LogP contribution in [-0.4, -0.2) is 38.2 Å². The monoisotopic (exact) mass is 423 g/mol. The summed E-state index contributed by atoms with van der Waals surface area (Å²) in [5.41, 5.74) is 3.21. The topological polar surface area (TPSA) is 100 Å². The van der Waals surface area contributed by atoms with Crippen molar-refractivity contribution >= 4 is 17.5 Å². The number of aromatic nitrogens is 3. The summed E-state index contributed by atoms with van der Waals surface area (Å²) >= 11 is 0. The molecular weight excluding hydrogens is 397 g/mol. The summed E-state index contributed by atoms with van der Waals surface area (Å²) in [5, 5.41) is 15.7. The second-order valence-electron chi connectivity index (χ2n) is 7.47. The summed E-state index contributed by atoms with van der Waals surface area (Å²) in [6, 6.07) is 5.21. The van der Waals surface area contributed by atoms with Gasteiger partial charge in [-0.3, -0.25) is 4.79 Å². The maximum atomic E-state index is 13.1. The lowest BCUT2D eigenvalue weighted by molar-refractivity contribution is -0.117. The summed E-state index contributed by atoms with van der Waals surface area (Å²) in [4.78, 5) is 24.7. The molecule has 0 radical (unpaired) electrons. The molecule has 0 bridgehead atoms. The normalized spacial score (nSPS) is 18.8. The zero-order chi connectivity index (χ0) is 22.5. The van der Waals surface area contributed by atoms with Crippen molar-refractivity contribution in [2.45, 2.75) is 39.0 Å². The number of rotatable bonds is 9. The van der Waals surface area contributed by atoms with Crippen LogP contribution in [-0.2, 0) is 4.79 Å². The highest BCUT2D eigenvalue weighted by molar-refractivity contribution is 5.94. The minimum absolute atomic E-state index is 0.247. The molecule has 2 aromatic heterocycles. The molecule has 1 amide bonds. The van der Waals surface area contributed by atoms with Crippen LogP contribution in [0, 0.1) is 5.92 Å². The predicted molar refractivity (Wildman–Crippen MR) is 119 cm³/mol. The largest absolute Gasteiger partial charge is 0.388 e. The number of carbonyl (C=O) groups is 1. The number of allylic oxidation sites excluding steroid dienone is 1. The fourth-order valence-corrected chi connectivity index (χ4v) is 2.90. The number of hydrogen-bond acceptors (Lipinski definition) is 6. The Kier molecular flexibility index (Phi) is 6.91. The van der Waals surface area contributed by atoms with Crippen LogP contribution in [0.5, 0.6) is 0 Å². The Morgan fingerprint density at radius 1 is 1.35 bits per heavy atom. The van der Waals surface area contributed by atoms with E-state index in [1.807, 2.05) is 19.9 Å². The van der Waals surface area contributed by atoms with Gasteiger partial charge in [-0.25, -0.2) is 19.3 Å². The van der Waals surface area contributed by atoms with Gasteiger partial charge in [-0.2, -0.15) is 0 Å². The van der Waals surface area contributed by atoms with Gasteiger partial charge in [-0.15, -0.1) is 0 Å². The van der Waals surface area contributed by atoms with E-state index in [9.17, 15) is 14.3 Å². The first-order valence-electron chi connectivity index (χ1n) is 10.0. The quantitative estimate of drug-likeness (QED) is 0.527. The van der Waals surface area contributed by atoms with Gasteiger partial charge in [0.2, 0.25) is 5.91 Å². The standard InChI is InChI=1S/C23H26FN5O2/c1-5-20(30)14(3)9-13(2)15(4)28-22-16(7-6-8-25-22)19-11-21(27-12-26-19)29-23(31)17-10-18(17)24/h6-9,11-12,17-18,20,30H,3-5,10H2,1-2H3,(H,25,28)(H,26,27,29,31)/b13-9-/t17-,18+,20+/m0/s1. The number of anilines is 2. The van der Waals surface area contributed by atoms with E-state index in [0.29, 0.717) is 40.6 Å². The highest BCUT2D eigenvalue weighted by Crippen LogP contribution is 2.35. The van der Waals surface area contributed by atoms with Gasteiger partial charge in [0, 0.05) is 23.5 Å². The van der Waals surface area contributed by atoms with Crippen molar-refractivity contribution in [1.82, 2.24) is 15.0 Å². The van der Waals surface area contributed by atoms with Crippen LogP contribution in [0.25, 0.3) is 11.3 Å². The molecule has 2 heterocycles. The van der Waals surface area contributed by atoms with Crippen molar-refractivity contribution in [3.8, 4) is 11.3 Å². The number of aliphatic hydroxyl groups excluding tert-OH is 1. The first-order chi connectivity index (χ1) is 14.8. The van der Waals surface area contributed by atoms with E-state index in [0.717, 1.165) is 5.57 Å². The second-order valence-corrected chi connectivity index (χ2v) is 7.47. The highest BCUT2D eigenvalue weighted by atomic mass is 19.1. The lowest BCUT2D eigenvalue weighted by Crippen LogP contribution is -2.16. The third-order valence-corrected chi connectivity index (χ3v) is 5.01. The van der Waals surface area contributed by atoms with E-state index >= 15 is 0 Å². The number of amides is 1. The number of hydrogen-bond donors (Lipinski definition) is 3. The molecule has 0 spiro atoms. The van der Waals surface area contributed by atoms with Gasteiger partial charge in [-0.05, 0) is 43.0 Å². The summed E-state index contributed by atoms with van der Waals surface area (Å²) in [7, 11) is 0. The van der Waals surface area contributed by atoms with Crippen molar-refractivity contribution in [3.63, 3.8) is 0 Å². The van der Waals surface area contributed by atoms with Gasteiger partial charge in [0.1, 0.15) is 24.1 Å². The number of carbonyl (C=O) groups excluding carboxylic acids is 1. The molecule has 0 unspecified atom stereocenters. The lowest BCUT2D eigenvalue weighted by Gasteiger charge is -2.15. The van der Waals surface area contributed by atoms with Crippen LogP contribution in [0.4, 0.5) is 16.0 Å². The van der Waals surface area contributed by atoms with Crippen molar-refractivity contribution in [2.75, 3.05) is 10.6 Å². The van der Waals surface area contributed by atoms with Gasteiger partial charge in [-0.1, -0.05) is 26.2 Å². The number of nitrogens with one attached hydrogen (secondary N) is 2. The maximum Gasteiger partial charge on any atom is 0.231 e. The van der Waals surface area contributed by atoms with E-state index in [1.165, 1.54) is 6.33 Å². The summed E-state index contributed by atoms with van der Waals surface area (Å²) in [6.45, 7) is 11.7. The molecule has 8 heteroatoms. The maximum absolute atomic E-state index is 13.1. The molecule has 162 valence electrons. The fourth-order valence-electron chi connectivity index (χ4n) is 2.90. The molecule has 0 saturated heterocycles. The van der Waals surface area contributed by atoms with Crippen molar-refractivity contribution in [2.24, 2.45) is 5.92 Å². The number of nitrogens with zero attached hydrogens (tertiary/aromatic N) is 3. The third-order valence-electron chi connectivity index (χ3n) is 5.01. The molecule has 1 saturated carbocycles. The zero-order valence-electron chi connectivity index (χ0n) is 17.6. The van der Waals surface area contributed by atoms with Crippen molar-refractivity contribution in [3.05, 3.63) is 66.8 Å². The fraction of sp³-hybridized carbons (Fsp3) is 0.304. The molecule has 0 aliphatic heterocycles. The second kappa shape index (κ2) is 9.61. The van der Waals surface area contributed by atoms with Gasteiger partial charge in [0.25, 0.3) is 0 Å². The van der Waals surface area contributed by atoms with Crippen molar-refractivity contribution in [1.29, 1.82) is 0 Å². The molecule has 3 atom stereocenters. The molecule has 1 fully saturated rings. The van der Waals surface area contributed by atoms with Gasteiger partial charge >= 0.3 is 0 Å². The van der Waals surface area contributed by atoms with E-state index in [-0.39, 0.29) is 12.3 Å². The molecule has 31 heavy (non-hydrogen) atoms. The van der Waals surface area contributed by atoms with E-state index in [1.54, 1.807) is 24.4 Å². The number of pyridine rings is 1. The smallest absolute Gasteiger partial charge is 0.231 e. The minimum Gasteiger partial charge on any atom is -0.388 e. The Morgan fingerprint density at radius 3 is 2.77 bits per heavy atom. The molecule has 0 aromatic carbocycles. The van der Waals surface area contributed by atoms with Gasteiger partial charge < -0.3 is 15.7 Å². The molecule has 3 N–H and O–H groups in total. The molecule has 7 nitrogen and oxygen atoms in total. The first-order valence-corrected chi connectivity index (χ1v) is 10.0. The SMILES string of the molecule is C=C(Nc1ncccc1-c1cc(NC(=O)[C@H]2C[C@H]2F)ncn1)/C(C)=C\C(=C)[C@H](O)CC. The van der Waals surface area contributed by atoms with Crippen LogP contribution in [0.3, 0.4) is 0 Å². The Bertz CT molecular complexity index is 1040. The Hall–Kier alpha value is -3.39. The van der Waals surface area contributed by atoms with E-state index in [2.05, 4.69) is 38.7 Å². The molecule has 1 aliphatic rings. The van der Waals surface area contributed by atoms with E-state index < -0.39 is 18.2 Å². The van der Waals surface area contributed by atoms with Gasteiger partial charge in [0.05, 0.1) is 17.7 Å². The predicted octanol–water partition coefficient (Wildman–Crippen LogP) is 4.03. The molecule has 1 aliphatic carbocycles. The van der Waals surface area contributed by atoms with Gasteiger partial charge in [0.15, 0.2) is 0 Å². The number of halogens is 1. The first kappa shape index (κ1) is 22.3. The van der Waals surface area contributed by atoms with Crippen LogP contribution in [0.15, 0.2) is 66.8 Å². The third kappa shape index (κ3) is 5.61. The molecule has 2 aromatic rings.